The second-order valence-electron chi connectivity index (χ2n) is 2.88. The lowest BCUT2D eigenvalue weighted by atomic mass is 10.1. The molecule has 0 unspecified atom stereocenters. The van der Waals surface area contributed by atoms with Gasteiger partial charge >= 0.3 is 10.5 Å². The third-order valence-corrected chi connectivity index (χ3v) is 4.20. The lowest BCUT2D eigenvalue weighted by Gasteiger charge is -1.97. The van der Waals surface area contributed by atoms with E-state index >= 15 is 0 Å². The van der Waals surface area contributed by atoms with Gasteiger partial charge in [0.1, 0.15) is 4.70 Å². The van der Waals surface area contributed by atoms with Crippen LogP contribution >= 0.6 is 44.9 Å². The van der Waals surface area contributed by atoms with Gasteiger partial charge in [0.25, 0.3) is 0 Å². The first kappa shape index (κ1) is 13.8. The predicted molar refractivity (Wildman–Crippen MR) is 69.5 cm³/mol. The van der Waals surface area contributed by atoms with Crippen LogP contribution in [0.15, 0.2) is 24.5 Å². The van der Waals surface area contributed by atoms with E-state index in [1.165, 1.54) is 10.5 Å². The van der Waals surface area contributed by atoms with Crippen molar-refractivity contribution in [1.82, 2.24) is 9.36 Å². The Morgan fingerprint density at radius 1 is 1.31 bits per heavy atom. The molecule has 0 saturated carbocycles. The highest BCUT2D eigenvalue weighted by Crippen LogP contribution is 2.33. The van der Waals surface area contributed by atoms with Gasteiger partial charge in [-0.05, 0) is 12.1 Å². The third-order valence-electron chi connectivity index (χ3n) is 2.08. The fourth-order valence-electron chi connectivity index (χ4n) is 1.44. The molecule has 16 heavy (non-hydrogen) atoms. The summed E-state index contributed by atoms with van der Waals surface area (Å²) < 4.78 is 5.47. The van der Waals surface area contributed by atoms with Crippen molar-refractivity contribution in [3.8, 4) is 0 Å². The number of hydrogen-bond donors (Lipinski definition) is 0. The highest BCUT2D eigenvalue weighted by Gasteiger charge is 2.13. The van der Waals surface area contributed by atoms with Crippen molar-refractivity contribution in [2.24, 2.45) is 0 Å². The second kappa shape index (κ2) is 5.38. The maximum absolute atomic E-state index is 6.15. The molecule has 2 heterocycles. The molecule has 0 N–H and O–H groups in total. The fraction of sp³-hybridized carbons (Fsp3) is 0. The number of nitrogens with zero attached hydrogens (tertiary/aromatic N) is 2. The number of fused-ring (bicyclic) bond motifs is 3. The number of benzene rings is 1. The highest BCUT2D eigenvalue weighted by atomic mass is 35.5. The van der Waals surface area contributed by atoms with Crippen LogP contribution in [0.1, 0.15) is 0 Å². The Hall–Kier alpha value is -0.260. The Morgan fingerprint density at radius 3 is 2.94 bits per heavy atom. The highest BCUT2D eigenvalue weighted by molar-refractivity contribution is 7.69. The SMILES string of the molecule is Cl.Clc1cc2s[s+]nc2c2cnccc12.[Cl-]. The van der Waals surface area contributed by atoms with Crippen molar-refractivity contribution in [3.05, 3.63) is 29.5 Å². The molecule has 7 heteroatoms. The molecule has 0 saturated heterocycles. The summed E-state index contributed by atoms with van der Waals surface area (Å²) in [6.07, 6.45) is 3.56. The Morgan fingerprint density at radius 2 is 2.12 bits per heavy atom. The molecular weight excluding hydrogens is 307 g/mol. The summed E-state index contributed by atoms with van der Waals surface area (Å²) in [6, 6.07) is 3.88. The molecule has 0 aliphatic heterocycles. The molecule has 84 valence electrons. The predicted octanol–water partition coefficient (Wildman–Crippen LogP) is 1.27. The van der Waals surface area contributed by atoms with Gasteiger partial charge in [0.2, 0.25) is 0 Å². The van der Waals surface area contributed by atoms with Gasteiger partial charge in [0.15, 0.2) is 15.9 Å². The van der Waals surface area contributed by atoms with Gasteiger partial charge in [0, 0.05) is 27.5 Å². The van der Waals surface area contributed by atoms with Crippen LogP contribution in [0.5, 0.6) is 0 Å². The van der Waals surface area contributed by atoms with E-state index < -0.39 is 0 Å². The first-order valence-electron chi connectivity index (χ1n) is 3.97. The minimum Gasteiger partial charge on any atom is -1.00 e. The van der Waals surface area contributed by atoms with Crippen LogP contribution in [0.2, 0.25) is 5.02 Å². The summed E-state index contributed by atoms with van der Waals surface area (Å²) in [5.74, 6) is 0. The Labute approximate surface area is 117 Å². The number of halogens is 3. The van der Waals surface area contributed by atoms with E-state index in [2.05, 4.69) is 9.36 Å². The zero-order valence-corrected chi connectivity index (χ0v) is 11.6. The maximum atomic E-state index is 6.15. The van der Waals surface area contributed by atoms with Gasteiger partial charge in [-0.15, -0.1) is 12.4 Å². The van der Waals surface area contributed by atoms with Gasteiger partial charge < -0.3 is 12.4 Å². The lowest BCUT2D eigenvalue weighted by Crippen LogP contribution is -3.00. The fourth-order valence-corrected chi connectivity index (χ4v) is 3.58. The molecule has 0 bridgehead atoms. The normalized spacial score (nSPS) is 9.81. The van der Waals surface area contributed by atoms with E-state index in [9.17, 15) is 0 Å². The molecule has 0 aliphatic carbocycles. The molecule has 2 aromatic heterocycles. The molecule has 3 aromatic rings. The lowest BCUT2D eigenvalue weighted by molar-refractivity contribution is -0.00000271. The van der Waals surface area contributed by atoms with Crippen molar-refractivity contribution >= 4 is 65.9 Å². The summed E-state index contributed by atoms with van der Waals surface area (Å²) in [4.78, 5) is 4.09. The summed E-state index contributed by atoms with van der Waals surface area (Å²) in [5.41, 5.74) is 1.01. The molecule has 1 aromatic carbocycles. The Balaban J connectivity index is 0.000000640. The molecular formula is C9H5Cl3N2S2. The maximum Gasteiger partial charge on any atom is 0.440 e. The van der Waals surface area contributed by atoms with Crippen molar-refractivity contribution < 1.29 is 12.4 Å². The summed E-state index contributed by atoms with van der Waals surface area (Å²) in [5, 5.41) is 2.83. The van der Waals surface area contributed by atoms with Crippen LogP contribution in [0.4, 0.5) is 0 Å². The van der Waals surface area contributed by atoms with E-state index in [-0.39, 0.29) is 24.8 Å². The Bertz CT molecular complexity index is 626. The largest absolute Gasteiger partial charge is 1.00 e. The summed E-state index contributed by atoms with van der Waals surface area (Å²) in [6.45, 7) is 0. The van der Waals surface area contributed by atoms with Gasteiger partial charge in [-0.3, -0.25) is 4.98 Å². The van der Waals surface area contributed by atoms with E-state index in [4.69, 9.17) is 11.6 Å². The van der Waals surface area contributed by atoms with Crippen molar-refractivity contribution in [2.75, 3.05) is 0 Å². The van der Waals surface area contributed by atoms with Crippen LogP contribution in [-0.2, 0) is 0 Å². The summed E-state index contributed by atoms with van der Waals surface area (Å²) >= 11 is 6.15. The topological polar surface area (TPSA) is 25.8 Å². The van der Waals surface area contributed by atoms with Crippen molar-refractivity contribution in [1.29, 1.82) is 0 Å². The monoisotopic (exact) mass is 310 g/mol. The van der Waals surface area contributed by atoms with Crippen molar-refractivity contribution in [3.63, 3.8) is 0 Å². The smallest absolute Gasteiger partial charge is 0.440 e. The second-order valence-corrected chi connectivity index (χ2v) is 5.17. The number of pyridine rings is 1. The van der Waals surface area contributed by atoms with Crippen LogP contribution < -0.4 is 12.4 Å². The van der Waals surface area contributed by atoms with Gasteiger partial charge in [-0.1, -0.05) is 11.6 Å². The quantitative estimate of drug-likeness (QED) is 0.461. The van der Waals surface area contributed by atoms with E-state index in [1.807, 2.05) is 18.3 Å². The van der Waals surface area contributed by atoms with Gasteiger partial charge in [-0.25, -0.2) is 0 Å². The van der Waals surface area contributed by atoms with Crippen LogP contribution in [-0.4, -0.2) is 9.36 Å². The molecule has 0 aliphatic rings. The molecule has 3 rings (SSSR count). The first-order valence-corrected chi connectivity index (χ1v) is 6.46. The van der Waals surface area contributed by atoms with E-state index in [1.54, 1.807) is 16.5 Å². The van der Waals surface area contributed by atoms with Crippen molar-refractivity contribution in [2.45, 2.75) is 0 Å². The zero-order valence-electron chi connectivity index (χ0n) is 7.68. The Kier molecular flexibility index (Phi) is 4.64. The molecule has 0 spiro atoms. The number of hydrogen-bond acceptors (Lipinski definition) is 3. The zero-order chi connectivity index (χ0) is 9.54. The average molecular weight is 312 g/mol. The minimum atomic E-state index is 0. The molecule has 0 fully saturated rings. The van der Waals surface area contributed by atoms with Crippen LogP contribution in [0.3, 0.4) is 0 Å². The van der Waals surface area contributed by atoms with Gasteiger partial charge in [0.05, 0.1) is 5.02 Å². The molecule has 2 nitrogen and oxygen atoms in total. The molecule has 0 radical (unpaired) electrons. The van der Waals surface area contributed by atoms with Gasteiger partial charge in [-0.2, -0.15) is 0 Å². The standard InChI is InChI=1S/C9H4ClN2S2.2ClH/c10-7-3-8-9(12-14-13-8)6-4-11-2-1-5(6)7;;/h1-4H;2*1H/q+1;;/p-1. The average Bonchev–Trinajstić information content (AvgIpc) is 2.66. The van der Waals surface area contributed by atoms with E-state index in [0.29, 0.717) is 0 Å². The van der Waals surface area contributed by atoms with E-state index in [0.717, 1.165) is 26.0 Å². The third kappa shape index (κ3) is 2.08. The number of rotatable bonds is 0. The minimum absolute atomic E-state index is 0. The van der Waals surface area contributed by atoms with Crippen LogP contribution in [0.25, 0.3) is 21.0 Å². The number of aromatic nitrogens is 2. The first-order chi connectivity index (χ1) is 6.86. The molecule has 0 atom stereocenters. The molecule has 0 amide bonds. The van der Waals surface area contributed by atoms with Crippen LogP contribution in [0, 0.1) is 0 Å². The summed E-state index contributed by atoms with van der Waals surface area (Å²) in [7, 11) is 3.12.